The molecular weight excluding hydrogens is 182 g/mol. The van der Waals surface area contributed by atoms with Gasteiger partial charge in [-0.25, -0.2) is 9.78 Å². The lowest BCUT2D eigenvalue weighted by molar-refractivity contribution is 0.0695. The average Bonchev–Trinajstić information content (AvgIpc) is 2.42. The average molecular weight is 191 g/mol. The Hall–Kier alpha value is -2.04. The zero-order chi connectivity index (χ0) is 10.3. The van der Waals surface area contributed by atoms with Crippen LogP contribution in [0.2, 0.25) is 0 Å². The quantitative estimate of drug-likeness (QED) is 0.702. The number of carboxylic acids is 1. The van der Waals surface area contributed by atoms with Gasteiger partial charge in [0.1, 0.15) is 11.5 Å². The van der Waals surface area contributed by atoms with Gasteiger partial charge in [-0.3, -0.25) is 0 Å². The van der Waals surface area contributed by atoms with E-state index in [4.69, 9.17) is 10.8 Å². The maximum Gasteiger partial charge on any atom is 0.337 e. The summed E-state index contributed by atoms with van der Waals surface area (Å²) in [7, 11) is 0. The Morgan fingerprint density at radius 1 is 1.57 bits per heavy atom. The second-order valence-electron chi connectivity index (χ2n) is 3.11. The predicted molar refractivity (Wildman–Crippen MR) is 51.3 cm³/mol. The molecule has 0 unspecified atom stereocenters. The van der Waals surface area contributed by atoms with Crippen LogP contribution in [-0.4, -0.2) is 20.5 Å². The summed E-state index contributed by atoms with van der Waals surface area (Å²) in [6.45, 7) is 1.73. The molecule has 2 heterocycles. The van der Waals surface area contributed by atoms with Crippen molar-refractivity contribution in [1.82, 2.24) is 9.38 Å². The fraction of sp³-hybridized carbons (Fsp3) is 0.111. The van der Waals surface area contributed by atoms with Gasteiger partial charge in [-0.15, -0.1) is 0 Å². The van der Waals surface area contributed by atoms with E-state index in [-0.39, 0.29) is 5.56 Å². The third-order valence-electron chi connectivity index (χ3n) is 2.05. The number of carbonyl (C=O) groups is 1. The first kappa shape index (κ1) is 8.55. The topological polar surface area (TPSA) is 80.6 Å². The Morgan fingerprint density at radius 2 is 2.29 bits per heavy atom. The molecule has 0 saturated carbocycles. The number of imidazole rings is 1. The number of hydrogen-bond donors (Lipinski definition) is 2. The van der Waals surface area contributed by atoms with Crippen molar-refractivity contribution in [3.05, 3.63) is 29.6 Å². The summed E-state index contributed by atoms with van der Waals surface area (Å²) in [5.41, 5.74) is 7.08. The lowest BCUT2D eigenvalue weighted by atomic mass is 10.1. The van der Waals surface area contributed by atoms with E-state index in [1.165, 1.54) is 6.20 Å². The van der Waals surface area contributed by atoms with Crippen LogP contribution in [0.25, 0.3) is 5.65 Å². The fourth-order valence-corrected chi connectivity index (χ4v) is 1.37. The van der Waals surface area contributed by atoms with Crippen molar-refractivity contribution in [2.45, 2.75) is 6.92 Å². The fourth-order valence-electron chi connectivity index (χ4n) is 1.37. The lowest BCUT2D eigenvalue weighted by Crippen LogP contribution is -2.01. The lowest BCUT2D eigenvalue weighted by Gasteiger charge is -2.00. The summed E-state index contributed by atoms with van der Waals surface area (Å²) in [6, 6.07) is 1.69. The molecule has 0 spiro atoms. The molecule has 0 saturated heterocycles. The number of pyridine rings is 1. The highest BCUT2D eigenvalue weighted by Gasteiger charge is 2.09. The van der Waals surface area contributed by atoms with Gasteiger partial charge in [0.25, 0.3) is 0 Å². The zero-order valence-corrected chi connectivity index (χ0v) is 7.56. The van der Waals surface area contributed by atoms with Crippen molar-refractivity contribution in [1.29, 1.82) is 0 Å². The summed E-state index contributed by atoms with van der Waals surface area (Å²) in [6.07, 6.45) is 3.09. The van der Waals surface area contributed by atoms with Crippen LogP contribution in [0.15, 0.2) is 18.5 Å². The van der Waals surface area contributed by atoms with E-state index < -0.39 is 5.97 Å². The van der Waals surface area contributed by atoms with Gasteiger partial charge in [0.05, 0.1) is 11.8 Å². The van der Waals surface area contributed by atoms with Crippen LogP contribution in [0.4, 0.5) is 5.82 Å². The first-order valence-corrected chi connectivity index (χ1v) is 4.06. The number of nitrogens with two attached hydrogens (primary N) is 1. The summed E-state index contributed by atoms with van der Waals surface area (Å²) in [5, 5.41) is 8.87. The van der Waals surface area contributed by atoms with Crippen LogP contribution in [0.1, 0.15) is 15.9 Å². The van der Waals surface area contributed by atoms with Crippen LogP contribution in [0.5, 0.6) is 0 Å². The maximum absolute atomic E-state index is 10.8. The normalized spacial score (nSPS) is 10.6. The van der Waals surface area contributed by atoms with Crippen molar-refractivity contribution in [3.8, 4) is 0 Å². The van der Waals surface area contributed by atoms with Gasteiger partial charge in [0.2, 0.25) is 0 Å². The number of nitrogens with zero attached hydrogens (tertiary/aromatic N) is 2. The predicted octanol–water partition coefficient (Wildman–Crippen LogP) is 0.923. The Bertz CT molecular complexity index is 516. The second-order valence-corrected chi connectivity index (χ2v) is 3.11. The number of aromatic nitrogens is 2. The number of hydrogen-bond acceptors (Lipinski definition) is 3. The van der Waals surface area contributed by atoms with Crippen LogP contribution in [-0.2, 0) is 0 Å². The minimum Gasteiger partial charge on any atom is -0.478 e. The third kappa shape index (κ3) is 1.19. The standard InChI is InChI=1S/C9H9N3O2/c1-5-2-8-11-7(10)4-12(8)3-6(5)9(13)14/h2-4H,10H2,1H3,(H,13,14). The summed E-state index contributed by atoms with van der Waals surface area (Å²) in [4.78, 5) is 14.8. The highest BCUT2D eigenvalue weighted by molar-refractivity contribution is 5.89. The molecule has 5 heteroatoms. The van der Waals surface area contributed by atoms with Crippen LogP contribution in [0.3, 0.4) is 0 Å². The summed E-state index contributed by atoms with van der Waals surface area (Å²) < 4.78 is 1.60. The van der Waals surface area contributed by atoms with Crippen molar-refractivity contribution in [3.63, 3.8) is 0 Å². The van der Waals surface area contributed by atoms with E-state index in [1.54, 1.807) is 23.6 Å². The summed E-state index contributed by atoms with van der Waals surface area (Å²) >= 11 is 0. The first-order valence-electron chi connectivity index (χ1n) is 4.06. The largest absolute Gasteiger partial charge is 0.478 e. The van der Waals surface area contributed by atoms with Crippen LogP contribution in [0, 0.1) is 6.92 Å². The minimum absolute atomic E-state index is 0.259. The van der Waals surface area contributed by atoms with Gasteiger partial charge in [-0.2, -0.15) is 0 Å². The van der Waals surface area contributed by atoms with E-state index in [9.17, 15) is 4.79 Å². The summed E-state index contributed by atoms with van der Waals surface area (Å²) in [5.74, 6) is -0.566. The van der Waals surface area contributed by atoms with Crippen molar-refractivity contribution in [2.75, 3.05) is 5.73 Å². The molecular formula is C9H9N3O2. The van der Waals surface area contributed by atoms with Crippen LogP contribution >= 0.6 is 0 Å². The SMILES string of the molecule is Cc1cc2nc(N)cn2cc1C(=O)O. The van der Waals surface area contributed by atoms with E-state index in [2.05, 4.69) is 4.98 Å². The molecule has 0 fully saturated rings. The van der Waals surface area contributed by atoms with Gasteiger partial charge in [0, 0.05) is 6.20 Å². The smallest absolute Gasteiger partial charge is 0.337 e. The molecule has 0 radical (unpaired) electrons. The molecule has 0 aromatic carbocycles. The van der Waals surface area contributed by atoms with Gasteiger partial charge in [-0.05, 0) is 18.6 Å². The third-order valence-corrected chi connectivity index (χ3v) is 2.05. The molecule has 2 rings (SSSR count). The Kier molecular flexibility index (Phi) is 1.67. The number of carboxylic acid groups (broad SMARTS) is 1. The second kappa shape index (κ2) is 2.73. The molecule has 0 aliphatic heterocycles. The molecule has 0 atom stereocenters. The molecule has 14 heavy (non-hydrogen) atoms. The molecule has 0 bridgehead atoms. The maximum atomic E-state index is 10.8. The highest BCUT2D eigenvalue weighted by atomic mass is 16.4. The molecule has 2 aromatic heterocycles. The number of nitrogen functional groups attached to an aromatic ring is 1. The van der Waals surface area contributed by atoms with E-state index in [0.29, 0.717) is 17.0 Å². The molecule has 2 aromatic rings. The molecule has 3 N–H and O–H groups in total. The molecule has 0 aliphatic carbocycles. The molecule has 5 nitrogen and oxygen atoms in total. The van der Waals surface area contributed by atoms with Crippen LogP contribution < -0.4 is 5.73 Å². The van der Waals surface area contributed by atoms with Gasteiger partial charge in [-0.1, -0.05) is 0 Å². The van der Waals surface area contributed by atoms with Gasteiger partial charge >= 0.3 is 5.97 Å². The van der Waals surface area contributed by atoms with Gasteiger partial charge in [0.15, 0.2) is 0 Å². The van der Waals surface area contributed by atoms with E-state index in [0.717, 1.165) is 0 Å². The van der Waals surface area contributed by atoms with E-state index >= 15 is 0 Å². The number of rotatable bonds is 1. The zero-order valence-electron chi connectivity index (χ0n) is 7.56. The Morgan fingerprint density at radius 3 is 2.93 bits per heavy atom. The van der Waals surface area contributed by atoms with Gasteiger partial charge < -0.3 is 15.2 Å². The monoisotopic (exact) mass is 191 g/mol. The Balaban J connectivity index is 2.76. The number of aromatic carboxylic acids is 1. The molecule has 72 valence electrons. The Labute approximate surface area is 79.8 Å². The van der Waals surface area contributed by atoms with Crippen molar-refractivity contribution < 1.29 is 9.90 Å². The van der Waals surface area contributed by atoms with Crippen molar-refractivity contribution in [2.24, 2.45) is 0 Å². The van der Waals surface area contributed by atoms with Crippen molar-refractivity contribution >= 4 is 17.4 Å². The first-order chi connectivity index (χ1) is 6.58. The number of aryl methyl sites for hydroxylation is 1. The number of anilines is 1. The highest BCUT2D eigenvalue weighted by Crippen LogP contribution is 2.13. The number of fused-ring (bicyclic) bond motifs is 1. The molecule has 0 amide bonds. The minimum atomic E-state index is -0.948. The molecule has 0 aliphatic rings. The van der Waals surface area contributed by atoms with E-state index in [1.807, 2.05) is 0 Å².